The van der Waals surface area contributed by atoms with Crippen molar-refractivity contribution in [3.05, 3.63) is 22.7 Å². The number of oxime groups is 1. The van der Waals surface area contributed by atoms with Crippen LogP contribution in [0.3, 0.4) is 0 Å². The first-order valence-electron chi connectivity index (χ1n) is 9.37. The molecule has 2 aliphatic rings. The van der Waals surface area contributed by atoms with Gasteiger partial charge >= 0.3 is 12.0 Å². The predicted molar refractivity (Wildman–Crippen MR) is 118 cm³/mol. The van der Waals surface area contributed by atoms with Gasteiger partial charge in [0.25, 0.3) is 11.8 Å². The van der Waals surface area contributed by atoms with Gasteiger partial charge in [-0.1, -0.05) is 10.3 Å². The molecule has 4 heterocycles. The summed E-state index contributed by atoms with van der Waals surface area (Å²) in [5, 5.41) is 26.7. The Labute approximate surface area is 198 Å². The fourth-order valence-electron chi connectivity index (χ4n) is 3.23. The van der Waals surface area contributed by atoms with Crippen molar-refractivity contribution < 1.29 is 33.5 Å². The van der Waals surface area contributed by atoms with Gasteiger partial charge in [-0.05, 0) is 0 Å². The number of aromatic nitrogens is 3. The summed E-state index contributed by atoms with van der Waals surface area (Å²) in [6, 6.07) is -1.23. The molecular weight excluding hydrogens is 492 g/mol. The molecule has 2 aliphatic heterocycles. The van der Waals surface area contributed by atoms with Gasteiger partial charge in [0, 0.05) is 18.1 Å². The minimum atomic E-state index is -1.39. The Balaban J connectivity index is 1.56. The van der Waals surface area contributed by atoms with Gasteiger partial charge in [0.2, 0.25) is 11.8 Å². The molecule has 1 saturated heterocycles. The number of hydrogen-bond donors (Lipinski definition) is 4. The van der Waals surface area contributed by atoms with Crippen molar-refractivity contribution in [1.82, 2.24) is 25.4 Å². The maximum atomic E-state index is 12.9. The molecule has 0 radical (unpaired) electrons. The molecule has 0 bridgehead atoms. The lowest BCUT2D eigenvalue weighted by molar-refractivity contribution is -0.149. The fraction of sp³-hybridized carbons (Fsp3) is 0.294. The molecule has 0 spiro atoms. The highest BCUT2D eigenvalue weighted by Gasteiger charge is 2.55. The lowest BCUT2D eigenvalue weighted by atomic mass is 10.0. The number of hydrogen-bond acceptors (Lipinski definition) is 13. The van der Waals surface area contributed by atoms with Crippen LogP contribution in [-0.4, -0.2) is 78.9 Å². The first kappa shape index (κ1) is 23.2. The van der Waals surface area contributed by atoms with Crippen molar-refractivity contribution in [1.29, 1.82) is 0 Å². The third-order valence-electron chi connectivity index (χ3n) is 4.59. The Morgan fingerprint density at radius 3 is 2.76 bits per heavy atom. The number of nitrogens with two attached hydrogens (primary N) is 1. The number of β-lactam (4-membered cyclic amide) rings is 1. The Bertz CT molecular complexity index is 1250. The quantitative estimate of drug-likeness (QED) is 0.208. The number of thiazole rings is 1. The number of carboxylic acids is 1. The second-order valence-electron chi connectivity index (χ2n) is 6.78. The van der Waals surface area contributed by atoms with Crippen LogP contribution in [0, 0.1) is 0 Å². The van der Waals surface area contributed by atoms with Crippen molar-refractivity contribution >= 4 is 69.2 Å². The zero-order valence-electron chi connectivity index (χ0n) is 17.5. The number of thioether (sulfide) groups is 1. The van der Waals surface area contributed by atoms with E-state index in [9.17, 15) is 24.3 Å². The highest BCUT2D eigenvalue weighted by molar-refractivity contribution is 8.00. The van der Waals surface area contributed by atoms with Crippen LogP contribution in [0.15, 0.2) is 20.6 Å². The summed E-state index contributed by atoms with van der Waals surface area (Å²) in [6.45, 7) is 1.24. The zero-order valence-corrected chi connectivity index (χ0v) is 19.1. The average molecular weight is 508 g/mol. The molecule has 0 aliphatic carbocycles. The number of carboxylic acid groups (broad SMARTS) is 1. The number of carbonyl (C=O) groups is 4. The molecule has 2 aromatic rings. The SMILES string of the molecule is CO/N=C(\C(=O)NC1C(=O)N2C(C(=O)O)=C(c3nnc(NC(C)=O)o3)CS[C@H]12)c1csc(N)n1. The van der Waals surface area contributed by atoms with Crippen LogP contribution in [0.25, 0.3) is 5.57 Å². The highest BCUT2D eigenvalue weighted by Crippen LogP contribution is 2.43. The van der Waals surface area contributed by atoms with E-state index >= 15 is 0 Å². The van der Waals surface area contributed by atoms with Gasteiger partial charge in [0.15, 0.2) is 10.8 Å². The Hall–Kier alpha value is -3.99. The predicted octanol–water partition coefficient (Wildman–Crippen LogP) is -0.687. The molecule has 3 amide bonds. The molecule has 0 saturated carbocycles. The summed E-state index contributed by atoms with van der Waals surface area (Å²) in [4.78, 5) is 58.6. The van der Waals surface area contributed by atoms with E-state index in [1.54, 1.807) is 0 Å². The number of anilines is 2. The molecule has 34 heavy (non-hydrogen) atoms. The second kappa shape index (κ2) is 9.10. The van der Waals surface area contributed by atoms with Crippen LogP contribution in [0.4, 0.5) is 11.1 Å². The summed E-state index contributed by atoms with van der Waals surface area (Å²) in [5.74, 6) is -3.30. The topological polar surface area (TPSA) is 215 Å². The van der Waals surface area contributed by atoms with Crippen LogP contribution in [0.1, 0.15) is 18.5 Å². The number of carbonyl (C=O) groups excluding carboxylic acids is 3. The Morgan fingerprint density at radius 1 is 1.38 bits per heavy atom. The van der Waals surface area contributed by atoms with E-state index in [1.807, 2.05) is 0 Å². The summed E-state index contributed by atoms with van der Waals surface area (Å²) in [6.07, 6.45) is 0. The Morgan fingerprint density at radius 2 is 2.15 bits per heavy atom. The monoisotopic (exact) mass is 508 g/mol. The highest BCUT2D eigenvalue weighted by atomic mass is 32.2. The summed E-state index contributed by atoms with van der Waals surface area (Å²) >= 11 is 2.28. The van der Waals surface area contributed by atoms with Gasteiger partial charge < -0.3 is 25.4 Å². The zero-order chi connectivity index (χ0) is 24.6. The fourth-order valence-corrected chi connectivity index (χ4v) is 5.11. The number of nitrogens with one attached hydrogen (secondary N) is 2. The Kier molecular flexibility index (Phi) is 6.20. The smallest absolute Gasteiger partial charge is 0.353 e. The van der Waals surface area contributed by atoms with Gasteiger partial charge in [-0.2, -0.15) is 0 Å². The molecule has 178 valence electrons. The largest absolute Gasteiger partial charge is 0.477 e. The number of nitrogens with zero attached hydrogens (tertiary/aromatic N) is 5. The van der Waals surface area contributed by atoms with Gasteiger partial charge in [-0.3, -0.25) is 24.6 Å². The van der Waals surface area contributed by atoms with Gasteiger partial charge in [-0.15, -0.1) is 28.2 Å². The number of amides is 3. The number of rotatable bonds is 7. The van der Waals surface area contributed by atoms with Crippen molar-refractivity contribution in [2.75, 3.05) is 23.9 Å². The molecule has 2 atom stereocenters. The van der Waals surface area contributed by atoms with E-state index in [4.69, 9.17) is 15.0 Å². The van der Waals surface area contributed by atoms with Crippen molar-refractivity contribution in [2.24, 2.45) is 5.16 Å². The second-order valence-corrected chi connectivity index (χ2v) is 8.77. The van der Waals surface area contributed by atoms with Gasteiger partial charge in [-0.25, -0.2) is 9.78 Å². The van der Waals surface area contributed by atoms with Crippen molar-refractivity contribution in [2.45, 2.75) is 18.3 Å². The van der Waals surface area contributed by atoms with Crippen molar-refractivity contribution in [3.63, 3.8) is 0 Å². The third-order valence-corrected chi connectivity index (χ3v) is 6.54. The molecular formula is C17H16N8O7S2. The lowest BCUT2D eigenvalue weighted by Crippen LogP contribution is -2.71. The molecule has 0 aromatic carbocycles. The van der Waals surface area contributed by atoms with E-state index in [0.29, 0.717) is 0 Å². The van der Waals surface area contributed by atoms with Gasteiger partial charge in [0.05, 0.1) is 5.57 Å². The summed E-state index contributed by atoms with van der Waals surface area (Å²) in [5.41, 5.74) is 5.34. The van der Waals surface area contributed by atoms with Crippen LogP contribution in [0.2, 0.25) is 0 Å². The molecule has 4 rings (SSSR count). The minimum Gasteiger partial charge on any atom is -0.477 e. The summed E-state index contributed by atoms with van der Waals surface area (Å²) in [7, 11) is 1.25. The average Bonchev–Trinajstić information content (AvgIpc) is 3.42. The number of fused-ring (bicyclic) bond motifs is 1. The van der Waals surface area contributed by atoms with E-state index in [0.717, 1.165) is 16.2 Å². The van der Waals surface area contributed by atoms with Crippen molar-refractivity contribution in [3.8, 4) is 0 Å². The van der Waals surface area contributed by atoms with Gasteiger partial charge in [0.1, 0.15) is 29.9 Å². The molecule has 17 heteroatoms. The molecule has 2 aromatic heterocycles. The molecule has 5 N–H and O–H groups in total. The summed E-state index contributed by atoms with van der Waals surface area (Å²) < 4.78 is 5.32. The van der Waals surface area contributed by atoms with Crippen LogP contribution in [0.5, 0.6) is 0 Å². The molecule has 15 nitrogen and oxygen atoms in total. The maximum absolute atomic E-state index is 12.9. The minimum absolute atomic E-state index is 0.0891. The van der Waals surface area contributed by atoms with E-state index in [2.05, 4.69) is 31.0 Å². The molecule has 1 unspecified atom stereocenters. The first-order valence-corrected chi connectivity index (χ1v) is 11.3. The normalized spacial score (nSPS) is 19.9. The van der Waals surface area contributed by atoms with E-state index in [-0.39, 0.29) is 45.5 Å². The van der Waals surface area contributed by atoms with E-state index < -0.39 is 35.1 Å². The van der Waals surface area contributed by atoms with E-state index in [1.165, 1.54) is 31.2 Å². The van der Waals surface area contributed by atoms with Crippen LogP contribution < -0.4 is 16.4 Å². The maximum Gasteiger partial charge on any atom is 0.353 e. The number of nitrogen functional groups attached to an aromatic ring is 1. The number of aliphatic carboxylic acids is 1. The first-order chi connectivity index (χ1) is 16.2. The lowest BCUT2D eigenvalue weighted by Gasteiger charge is -2.49. The van der Waals surface area contributed by atoms with Crippen LogP contribution >= 0.6 is 23.1 Å². The molecule has 1 fully saturated rings. The third kappa shape index (κ3) is 4.17. The van der Waals surface area contributed by atoms with Crippen LogP contribution in [-0.2, 0) is 24.0 Å². The standard InChI is InChI=1S/C17H16N8O7S2/c1-5(26)19-17-23-22-12(32-17)6-3-33-14-9(13(28)25(14)10(6)15(29)30)21-11(27)8(24-31-2)7-4-34-16(18)20-7/h4,9,14H,3H2,1-2H3,(H2,18,20)(H,21,27)(H,29,30)(H,19,23,26)/b24-8-/t9?,14-/m1/s1.